The van der Waals surface area contributed by atoms with E-state index >= 15 is 0 Å². The van der Waals surface area contributed by atoms with Crippen molar-refractivity contribution in [1.82, 2.24) is 5.43 Å². The van der Waals surface area contributed by atoms with Crippen molar-refractivity contribution in [1.29, 1.82) is 0 Å². The van der Waals surface area contributed by atoms with Crippen molar-refractivity contribution in [2.45, 2.75) is 6.54 Å². The Kier molecular flexibility index (Phi) is 5.64. The third kappa shape index (κ3) is 4.74. The van der Waals surface area contributed by atoms with Crippen LogP contribution in [0, 0.1) is 0 Å². The Hall–Kier alpha value is -0.910. The smallest absolute Gasteiger partial charge is 0.265 e. The largest absolute Gasteiger partial charge is 1.00 e. The minimum atomic E-state index is -0.258. The summed E-state index contributed by atoms with van der Waals surface area (Å²) in [5.74, 6) is 4.78. The third-order valence-electron chi connectivity index (χ3n) is 2.00. The average molecular weight is 288 g/mol. The second-order valence-corrected chi connectivity index (χ2v) is 4.62. The van der Waals surface area contributed by atoms with Crippen LogP contribution < -0.4 is 28.2 Å². The molecule has 5 heteroatoms. The lowest BCUT2D eigenvalue weighted by Crippen LogP contribution is -3.00. The summed E-state index contributed by atoms with van der Waals surface area (Å²) < 4.78 is 0.864. The van der Waals surface area contributed by atoms with Gasteiger partial charge in [0.15, 0.2) is 0 Å². The number of quaternary nitrogens is 1. The zero-order valence-electron chi connectivity index (χ0n) is 9.83. The maximum absolute atomic E-state index is 11.2. The normalized spacial score (nSPS) is 10.5. The molecule has 0 saturated heterocycles. The molecule has 1 aromatic carbocycles. The molecule has 16 heavy (non-hydrogen) atoms. The number of hydrogen-bond donors (Lipinski definition) is 2. The van der Waals surface area contributed by atoms with E-state index in [1.807, 2.05) is 12.1 Å². The van der Waals surface area contributed by atoms with Crippen LogP contribution in [0.3, 0.4) is 0 Å². The maximum Gasteiger partial charge on any atom is 0.265 e. The predicted molar refractivity (Wildman–Crippen MR) is 59.8 cm³/mol. The van der Waals surface area contributed by atoms with E-state index in [1.54, 1.807) is 12.1 Å². The molecule has 1 aromatic rings. The van der Waals surface area contributed by atoms with Crippen molar-refractivity contribution in [3.63, 3.8) is 0 Å². The standard InChI is InChI=1S/C11H17N3O.BrH/c1-14(2,3)8-9-4-6-10(7-5-9)11(15)13-12;/h4-7H,8,12H2,1-3H3;1H. The fraction of sp³-hybridized carbons (Fsp3) is 0.364. The van der Waals surface area contributed by atoms with E-state index in [0.717, 1.165) is 11.0 Å². The molecule has 0 aromatic heterocycles. The van der Waals surface area contributed by atoms with Crippen molar-refractivity contribution < 1.29 is 26.3 Å². The summed E-state index contributed by atoms with van der Waals surface area (Å²) in [5, 5.41) is 0. The molecule has 0 bridgehead atoms. The number of nitrogen functional groups attached to an aromatic ring is 1. The van der Waals surface area contributed by atoms with Crippen molar-refractivity contribution >= 4 is 5.91 Å². The van der Waals surface area contributed by atoms with Gasteiger partial charge in [0, 0.05) is 11.1 Å². The first-order valence-electron chi connectivity index (χ1n) is 4.83. The van der Waals surface area contributed by atoms with Gasteiger partial charge in [0.1, 0.15) is 6.54 Å². The van der Waals surface area contributed by atoms with Crippen molar-refractivity contribution in [3.05, 3.63) is 35.4 Å². The van der Waals surface area contributed by atoms with Crippen LogP contribution in [0.25, 0.3) is 0 Å². The Morgan fingerprint density at radius 3 is 2.12 bits per heavy atom. The first-order chi connectivity index (χ1) is 6.92. The van der Waals surface area contributed by atoms with Gasteiger partial charge in [-0.05, 0) is 12.1 Å². The molecule has 0 unspecified atom stereocenters. The number of halogens is 1. The van der Waals surface area contributed by atoms with Gasteiger partial charge in [0.05, 0.1) is 21.1 Å². The number of carbonyl (C=O) groups is 1. The minimum Gasteiger partial charge on any atom is -1.00 e. The van der Waals surface area contributed by atoms with Gasteiger partial charge in [-0.1, -0.05) is 12.1 Å². The summed E-state index contributed by atoms with van der Waals surface area (Å²) in [6, 6.07) is 7.47. The highest BCUT2D eigenvalue weighted by atomic mass is 79.9. The highest BCUT2D eigenvalue weighted by Gasteiger charge is 2.09. The third-order valence-corrected chi connectivity index (χ3v) is 2.00. The van der Waals surface area contributed by atoms with E-state index in [0.29, 0.717) is 5.56 Å². The summed E-state index contributed by atoms with van der Waals surface area (Å²) in [5.41, 5.74) is 3.90. The first kappa shape index (κ1) is 15.1. The molecule has 0 radical (unpaired) electrons. The molecule has 0 heterocycles. The summed E-state index contributed by atoms with van der Waals surface area (Å²) in [6.45, 7) is 0.935. The molecule has 0 aliphatic heterocycles. The second-order valence-electron chi connectivity index (χ2n) is 4.62. The van der Waals surface area contributed by atoms with Crippen molar-refractivity contribution in [2.24, 2.45) is 5.84 Å². The molecule has 0 aliphatic carbocycles. The van der Waals surface area contributed by atoms with Crippen LogP contribution >= 0.6 is 0 Å². The van der Waals surface area contributed by atoms with Crippen LogP contribution in [0.2, 0.25) is 0 Å². The number of nitrogens with one attached hydrogen (secondary N) is 1. The maximum atomic E-state index is 11.2. The number of rotatable bonds is 3. The van der Waals surface area contributed by atoms with Crippen molar-refractivity contribution in [2.75, 3.05) is 21.1 Å². The Balaban J connectivity index is 0.00000225. The Bertz CT molecular complexity index is 343. The minimum absolute atomic E-state index is 0. The van der Waals surface area contributed by atoms with Crippen LogP contribution in [-0.4, -0.2) is 31.5 Å². The lowest BCUT2D eigenvalue weighted by molar-refractivity contribution is -0.884. The number of hydrazine groups is 1. The van der Waals surface area contributed by atoms with Gasteiger partial charge in [0.2, 0.25) is 0 Å². The molecule has 3 N–H and O–H groups in total. The van der Waals surface area contributed by atoms with E-state index in [-0.39, 0.29) is 22.9 Å². The topological polar surface area (TPSA) is 55.1 Å². The van der Waals surface area contributed by atoms with Gasteiger partial charge in [-0.2, -0.15) is 0 Å². The predicted octanol–water partition coefficient (Wildman–Crippen LogP) is -2.50. The highest BCUT2D eigenvalue weighted by molar-refractivity contribution is 5.93. The van der Waals surface area contributed by atoms with Crippen LogP contribution in [0.1, 0.15) is 15.9 Å². The van der Waals surface area contributed by atoms with E-state index in [4.69, 9.17) is 5.84 Å². The van der Waals surface area contributed by atoms with E-state index in [9.17, 15) is 4.79 Å². The SMILES string of the molecule is C[N+](C)(C)Cc1ccc(C(=O)NN)cc1.[Br-]. The monoisotopic (exact) mass is 287 g/mol. The van der Waals surface area contributed by atoms with Gasteiger partial charge >= 0.3 is 0 Å². The number of hydrogen-bond acceptors (Lipinski definition) is 2. The van der Waals surface area contributed by atoms with Crippen LogP contribution in [0.4, 0.5) is 0 Å². The van der Waals surface area contributed by atoms with Gasteiger partial charge in [0.25, 0.3) is 5.91 Å². The molecule has 0 atom stereocenters. The highest BCUT2D eigenvalue weighted by Crippen LogP contribution is 2.08. The number of benzene rings is 1. The van der Waals surface area contributed by atoms with Gasteiger partial charge in [-0.3, -0.25) is 10.2 Å². The van der Waals surface area contributed by atoms with Gasteiger partial charge in [-0.15, -0.1) is 0 Å². The lowest BCUT2D eigenvalue weighted by atomic mass is 10.1. The first-order valence-corrected chi connectivity index (χ1v) is 4.83. The number of nitrogens with two attached hydrogens (primary N) is 1. The zero-order valence-corrected chi connectivity index (χ0v) is 11.4. The lowest BCUT2D eigenvalue weighted by Gasteiger charge is -2.23. The molecular formula is C11H18BrN3O. The fourth-order valence-electron chi connectivity index (χ4n) is 1.39. The summed E-state index contributed by atoms with van der Waals surface area (Å²) >= 11 is 0. The molecule has 0 spiro atoms. The van der Waals surface area contributed by atoms with E-state index in [2.05, 4.69) is 26.6 Å². The van der Waals surface area contributed by atoms with E-state index in [1.165, 1.54) is 5.56 Å². The zero-order chi connectivity index (χ0) is 11.5. The summed E-state index contributed by atoms with van der Waals surface area (Å²) in [4.78, 5) is 11.2. The fourth-order valence-corrected chi connectivity index (χ4v) is 1.39. The Morgan fingerprint density at radius 1 is 1.25 bits per heavy atom. The second kappa shape index (κ2) is 5.98. The molecule has 0 saturated carbocycles. The summed E-state index contributed by atoms with van der Waals surface area (Å²) in [7, 11) is 6.38. The molecule has 0 fully saturated rings. The molecule has 90 valence electrons. The molecule has 4 nitrogen and oxygen atoms in total. The van der Waals surface area contributed by atoms with Crippen LogP contribution in [0.5, 0.6) is 0 Å². The Labute approximate surface area is 107 Å². The van der Waals surface area contributed by atoms with Gasteiger partial charge < -0.3 is 21.5 Å². The van der Waals surface area contributed by atoms with Gasteiger partial charge in [-0.25, -0.2) is 5.84 Å². The number of nitrogens with zero attached hydrogens (tertiary/aromatic N) is 1. The van der Waals surface area contributed by atoms with Crippen LogP contribution in [-0.2, 0) is 6.54 Å². The molecule has 1 amide bonds. The molecular weight excluding hydrogens is 270 g/mol. The number of carbonyl (C=O) groups excluding carboxylic acids is 1. The molecule has 1 rings (SSSR count). The molecule has 0 aliphatic rings. The summed E-state index contributed by atoms with van der Waals surface area (Å²) in [6.07, 6.45) is 0. The quantitative estimate of drug-likeness (QED) is 0.280. The average Bonchev–Trinajstić information content (AvgIpc) is 2.15. The Morgan fingerprint density at radius 2 is 1.75 bits per heavy atom. The van der Waals surface area contributed by atoms with E-state index < -0.39 is 0 Å². The van der Waals surface area contributed by atoms with Crippen molar-refractivity contribution in [3.8, 4) is 0 Å². The number of amides is 1. The van der Waals surface area contributed by atoms with Crippen LogP contribution in [0.15, 0.2) is 24.3 Å².